The molecule has 5 amide bonds. The number of rotatable bonds is 10. The van der Waals surface area contributed by atoms with Crippen LogP contribution in [0.1, 0.15) is 123 Å². The first-order valence-corrected chi connectivity index (χ1v) is 21.7. The maximum Gasteiger partial charge on any atom is 0.410 e. The fraction of sp³-hybridized carbons (Fsp3) is 0.521. The predicted octanol–water partition coefficient (Wildman–Crippen LogP) is 8.72. The van der Waals surface area contributed by atoms with Crippen molar-refractivity contribution in [3.63, 3.8) is 0 Å². The molecule has 6 rings (SSSR count). The second kappa shape index (κ2) is 18.6. The Balaban J connectivity index is 1.17. The molecule has 0 spiro atoms. The normalized spacial score (nSPS) is 21.0. The van der Waals surface area contributed by atoms with Gasteiger partial charge < -0.3 is 35.2 Å². The van der Waals surface area contributed by atoms with Gasteiger partial charge in [-0.1, -0.05) is 71.0 Å². The second-order valence-corrected chi connectivity index (χ2v) is 18.9. The maximum absolute atomic E-state index is 13.6. The Morgan fingerprint density at radius 2 is 1.13 bits per heavy atom. The Labute approximate surface area is 360 Å². The molecule has 3 aromatic rings. The molecule has 13 heteroatoms. The van der Waals surface area contributed by atoms with Crippen LogP contribution >= 0.6 is 0 Å². The van der Waals surface area contributed by atoms with Gasteiger partial charge in [-0.25, -0.2) is 9.59 Å². The van der Waals surface area contributed by atoms with E-state index < -0.39 is 35.9 Å². The minimum Gasteiger partial charge on any atom is -0.453 e. The zero-order chi connectivity index (χ0) is 44.2. The van der Waals surface area contributed by atoms with Crippen LogP contribution in [0.3, 0.4) is 0 Å². The van der Waals surface area contributed by atoms with Gasteiger partial charge in [0.2, 0.25) is 17.7 Å². The topological polar surface area (TPSA) is 150 Å². The molecule has 3 N–H and O–H groups in total. The molecule has 0 bridgehead atoms. The van der Waals surface area contributed by atoms with Gasteiger partial charge in [0.25, 0.3) is 0 Å². The van der Waals surface area contributed by atoms with Crippen molar-refractivity contribution in [1.82, 2.24) is 15.1 Å². The molecule has 0 aliphatic carbocycles. The Bertz CT molecular complexity index is 2040. The van der Waals surface area contributed by atoms with Gasteiger partial charge in [-0.3, -0.25) is 19.3 Å². The van der Waals surface area contributed by atoms with Crippen LogP contribution in [0.25, 0.3) is 0 Å². The highest BCUT2D eigenvalue weighted by Gasteiger charge is 2.40. The fourth-order valence-corrected chi connectivity index (χ4v) is 8.75. The molecular formula is C48H64N6O7. The molecule has 0 aromatic heterocycles. The summed E-state index contributed by atoms with van der Waals surface area (Å²) in [5.74, 6) is -0.971. The lowest BCUT2D eigenvalue weighted by atomic mass is 9.87. The highest BCUT2D eigenvalue weighted by molar-refractivity contribution is 5.99. The van der Waals surface area contributed by atoms with E-state index in [0.717, 1.165) is 36.1 Å². The van der Waals surface area contributed by atoms with Gasteiger partial charge >= 0.3 is 12.2 Å². The summed E-state index contributed by atoms with van der Waals surface area (Å²) in [6.45, 7) is 16.7. The number of carbonyl (C=O) groups excluding carboxylic acids is 5. The number of amides is 5. The SMILES string of the molecule is COC(=O)NC(C(=O)N1CCCC1C(=O)Nc1ccc([C@@H]2CC[C@@H](c3ccc(NC(=O)C4CCCN4C(=O)OC(C)(C)C)cc3)N2c2ccc(C(C)(C)C)cc2)cc1)C(C)C. The maximum atomic E-state index is 13.6. The van der Waals surface area contributed by atoms with E-state index in [0.29, 0.717) is 43.7 Å². The van der Waals surface area contributed by atoms with Crippen LogP contribution in [0.5, 0.6) is 0 Å². The lowest BCUT2D eigenvalue weighted by molar-refractivity contribution is -0.139. The van der Waals surface area contributed by atoms with Gasteiger partial charge in [-0.05, 0) is 124 Å². The molecule has 0 saturated carbocycles. The van der Waals surface area contributed by atoms with Crippen LogP contribution in [0.15, 0.2) is 72.8 Å². The number of nitrogens with zero attached hydrogens (tertiary/aromatic N) is 3. The van der Waals surface area contributed by atoms with E-state index in [9.17, 15) is 24.0 Å². The lowest BCUT2D eigenvalue weighted by Gasteiger charge is -2.34. The van der Waals surface area contributed by atoms with Crippen molar-refractivity contribution < 1.29 is 33.4 Å². The summed E-state index contributed by atoms with van der Waals surface area (Å²) in [5, 5.41) is 8.72. The minimum absolute atomic E-state index is 0.00417. The Hall–Kier alpha value is -5.59. The number of hydrogen-bond donors (Lipinski definition) is 3. The third-order valence-electron chi connectivity index (χ3n) is 12.0. The van der Waals surface area contributed by atoms with E-state index in [1.165, 1.54) is 17.6 Å². The number of hydrogen-bond acceptors (Lipinski definition) is 8. The number of likely N-dealkylation sites (tertiary alicyclic amines) is 2. The van der Waals surface area contributed by atoms with Crippen molar-refractivity contribution in [3.05, 3.63) is 89.5 Å². The van der Waals surface area contributed by atoms with Crippen LogP contribution in [0.2, 0.25) is 0 Å². The summed E-state index contributed by atoms with van der Waals surface area (Å²) >= 11 is 0. The van der Waals surface area contributed by atoms with E-state index in [2.05, 4.69) is 90.2 Å². The number of benzene rings is 3. The van der Waals surface area contributed by atoms with E-state index >= 15 is 0 Å². The summed E-state index contributed by atoms with van der Waals surface area (Å²) in [5.41, 5.74) is 5.25. The predicted molar refractivity (Wildman–Crippen MR) is 237 cm³/mol. The number of ether oxygens (including phenoxy) is 2. The van der Waals surface area contributed by atoms with Crippen LogP contribution in [0.4, 0.5) is 26.7 Å². The van der Waals surface area contributed by atoms with Crippen LogP contribution in [0, 0.1) is 5.92 Å². The molecule has 3 aliphatic rings. The number of nitrogens with one attached hydrogen (secondary N) is 3. The molecule has 3 unspecified atom stereocenters. The molecule has 3 aromatic carbocycles. The van der Waals surface area contributed by atoms with E-state index in [1.807, 2.05) is 58.9 Å². The summed E-state index contributed by atoms with van der Waals surface area (Å²) in [7, 11) is 1.26. The van der Waals surface area contributed by atoms with Crippen LogP contribution in [-0.4, -0.2) is 83.6 Å². The van der Waals surface area contributed by atoms with E-state index in [1.54, 1.807) is 4.90 Å². The Kier molecular flexibility index (Phi) is 13.7. The average Bonchev–Trinajstić information content (AvgIpc) is 4.00. The molecule has 3 heterocycles. The first kappa shape index (κ1) is 44.9. The molecule has 0 radical (unpaired) electrons. The van der Waals surface area contributed by atoms with Gasteiger partial charge in [0.05, 0.1) is 19.2 Å². The van der Waals surface area contributed by atoms with E-state index in [4.69, 9.17) is 9.47 Å². The van der Waals surface area contributed by atoms with Crippen molar-refractivity contribution >= 4 is 47.0 Å². The average molecular weight is 837 g/mol. The standard InChI is InChI=1S/C48H64N6O7/c1-30(2)41(51-45(58)60-9)44(57)52-28-10-12-39(52)42(55)49-34-20-14-31(15-21-34)37-26-27-38(54(37)36-24-18-33(19-25-36)47(3,4)5)32-16-22-35(23-17-32)50-43(56)40-13-11-29-53(40)46(59)61-48(6,7)8/h14-25,30,37-41H,10-13,26-29H2,1-9H3,(H,49,55)(H,50,56)(H,51,58)/t37-,38-,39?,40?,41?/m0/s1. The lowest BCUT2D eigenvalue weighted by Crippen LogP contribution is -2.54. The first-order chi connectivity index (χ1) is 28.8. The van der Waals surface area contributed by atoms with Gasteiger partial charge in [0.1, 0.15) is 23.7 Å². The summed E-state index contributed by atoms with van der Waals surface area (Å²) < 4.78 is 10.3. The van der Waals surface area contributed by atoms with Crippen molar-refractivity contribution in [1.29, 1.82) is 0 Å². The third kappa shape index (κ3) is 10.7. The van der Waals surface area contributed by atoms with Gasteiger partial charge in [0, 0.05) is 30.2 Å². The monoisotopic (exact) mass is 836 g/mol. The van der Waals surface area contributed by atoms with Gasteiger partial charge in [-0.2, -0.15) is 0 Å². The molecule has 328 valence electrons. The number of anilines is 3. The zero-order valence-electron chi connectivity index (χ0n) is 37.2. The Morgan fingerprint density at radius 3 is 1.57 bits per heavy atom. The first-order valence-electron chi connectivity index (χ1n) is 21.7. The number of carbonyl (C=O) groups is 5. The van der Waals surface area contributed by atoms with Gasteiger partial charge in [0.15, 0.2) is 0 Å². The molecule has 3 saturated heterocycles. The molecule has 3 aliphatic heterocycles. The second-order valence-electron chi connectivity index (χ2n) is 18.9. The summed E-state index contributed by atoms with van der Waals surface area (Å²) in [4.78, 5) is 71.0. The van der Waals surface area contributed by atoms with Gasteiger partial charge in [-0.15, -0.1) is 0 Å². The largest absolute Gasteiger partial charge is 0.453 e. The zero-order valence-corrected chi connectivity index (χ0v) is 37.2. The highest BCUT2D eigenvalue weighted by atomic mass is 16.6. The molecule has 3 fully saturated rings. The highest BCUT2D eigenvalue weighted by Crippen LogP contribution is 2.47. The van der Waals surface area contributed by atoms with Crippen molar-refractivity contribution in [2.45, 2.75) is 135 Å². The molecule has 61 heavy (non-hydrogen) atoms. The van der Waals surface area contributed by atoms with E-state index in [-0.39, 0.29) is 41.1 Å². The molecule has 5 atom stereocenters. The quantitative estimate of drug-likeness (QED) is 0.184. The summed E-state index contributed by atoms with van der Waals surface area (Å²) in [6, 6.07) is 22.9. The fourth-order valence-electron chi connectivity index (χ4n) is 8.75. The minimum atomic E-state index is -0.804. The van der Waals surface area contributed by atoms with Crippen molar-refractivity contribution in [2.24, 2.45) is 5.92 Å². The summed E-state index contributed by atoms with van der Waals surface area (Å²) in [6.07, 6.45) is 3.18. The number of methoxy groups -OCH3 is 1. The third-order valence-corrected chi connectivity index (χ3v) is 12.0. The van der Waals surface area contributed by atoms with Crippen LogP contribution in [-0.2, 0) is 29.3 Å². The molecular weight excluding hydrogens is 773 g/mol. The Morgan fingerprint density at radius 1 is 0.656 bits per heavy atom. The number of alkyl carbamates (subject to hydrolysis) is 1. The van der Waals surface area contributed by atoms with Crippen molar-refractivity contribution in [2.75, 3.05) is 35.7 Å². The van der Waals surface area contributed by atoms with Crippen LogP contribution < -0.4 is 20.9 Å². The smallest absolute Gasteiger partial charge is 0.410 e. The van der Waals surface area contributed by atoms with Crippen molar-refractivity contribution in [3.8, 4) is 0 Å². The molecule has 13 nitrogen and oxygen atoms in total.